The van der Waals surface area contributed by atoms with E-state index in [2.05, 4.69) is 17.0 Å². The minimum atomic E-state index is -0.611. The van der Waals surface area contributed by atoms with Gasteiger partial charge in [-0.25, -0.2) is 0 Å². The van der Waals surface area contributed by atoms with Gasteiger partial charge in [-0.2, -0.15) is 0 Å². The average molecular weight is 231 g/mol. The van der Waals surface area contributed by atoms with Crippen molar-refractivity contribution in [3.63, 3.8) is 0 Å². The zero-order valence-corrected chi connectivity index (χ0v) is 10.3. The molecule has 1 N–H and O–H groups in total. The van der Waals surface area contributed by atoms with Gasteiger partial charge in [0.25, 0.3) is 0 Å². The monoisotopic (exact) mass is 231 g/mol. The van der Waals surface area contributed by atoms with Crippen molar-refractivity contribution in [2.24, 2.45) is 0 Å². The quantitative estimate of drug-likeness (QED) is 0.803. The van der Waals surface area contributed by atoms with E-state index in [9.17, 15) is 5.11 Å². The van der Waals surface area contributed by atoms with Crippen molar-refractivity contribution >= 4 is 0 Å². The molecule has 0 amide bonds. The molecule has 2 heteroatoms. The standard InChI is InChI=1S/C15H21NO/c17-15(13-7-2-1-3-8-13)10-6-12-16-11-5-4-9-14(15)16/h1-3,7-8,14,17H,4-6,9-12H2/t14-,15-/m1/s1. The van der Waals surface area contributed by atoms with E-state index < -0.39 is 5.60 Å². The van der Waals surface area contributed by atoms with Crippen LogP contribution in [0.4, 0.5) is 0 Å². The Kier molecular flexibility index (Phi) is 2.93. The van der Waals surface area contributed by atoms with E-state index in [0.717, 1.165) is 24.8 Å². The first-order valence-corrected chi connectivity index (χ1v) is 6.83. The summed E-state index contributed by atoms with van der Waals surface area (Å²) in [6.45, 7) is 2.33. The van der Waals surface area contributed by atoms with Crippen molar-refractivity contribution < 1.29 is 5.11 Å². The summed E-state index contributed by atoms with van der Waals surface area (Å²) in [4.78, 5) is 2.50. The molecule has 2 atom stereocenters. The van der Waals surface area contributed by atoms with Crippen LogP contribution in [0.2, 0.25) is 0 Å². The topological polar surface area (TPSA) is 23.5 Å². The lowest BCUT2D eigenvalue weighted by atomic mass is 9.75. The van der Waals surface area contributed by atoms with E-state index in [0.29, 0.717) is 6.04 Å². The van der Waals surface area contributed by atoms with Gasteiger partial charge in [0.05, 0.1) is 0 Å². The molecule has 2 saturated heterocycles. The van der Waals surface area contributed by atoms with Crippen LogP contribution in [0, 0.1) is 0 Å². The van der Waals surface area contributed by atoms with E-state index >= 15 is 0 Å². The molecule has 2 fully saturated rings. The van der Waals surface area contributed by atoms with E-state index in [1.165, 1.54) is 25.9 Å². The van der Waals surface area contributed by atoms with E-state index in [4.69, 9.17) is 0 Å². The predicted molar refractivity (Wildman–Crippen MR) is 68.8 cm³/mol. The van der Waals surface area contributed by atoms with Crippen LogP contribution in [0.25, 0.3) is 0 Å². The second-order valence-electron chi connectivity index (χ2n) is 5.44. The Morgan fingerprint density at radius 3 is 2.65 bits per heavy atom. The van der Waals surface area contributed by atoms with Crippen LogP contribution in [0.1, 0.15) is 37.7 Å². The van der Waals surface area contributed by atoms with E-state index in [-0.39, 0.29) is 0 Å². The predicted octanol–water partition coefficient (Wildman–Crippen LogP) is 2.52. The summed E-state index contributed by atoms with van der Waals surface area (Å²) >= 11 is 0. The SMILES string of the molecule is O[C@@]1(c2ccccc2)CCCN2CCCC[C@@H]21. The minimum absolute atomic E-state index is 0.340. The Morgan fingerprint density at radius 1 is 1.06 bits per heavy atom. The summed E-state index contributed by atoms with van der Waals surface area (Å²) in [5, 5.41) is 11.1. The fourth-order valence-electron chi connectivity index (χ4n) is 3.58. The molecular weight excluding hydrogens is 210 g/mol. The minimum Gasteiger partial charge on any atom is -0.384 e. The summed E-state index contributed by atoms with van der Waals surface area (Å²) < 4.78 is 0. The Hall–Kier alpha value is -0.860. The number of fused-ring (bicyclic) bond motifs is 1. The molecule has 0 aliphatic carbocycles. The Balaban J connectivity index is 1.94. The molecule has 1 aromatic rings. The zero-order chi connectivity index (χ0) is 11.7. The largest absolute Gasteiger partial charge is 0.384 e. The van der Waals surface area contributed by atoms with Crippen molar-refractivity contribution in [2.75, 3.05) is 13.1 Å². The maximum absolute atomic E-state index is 11.1. The van der Waals surface area contributed by atoms with Crippen molar-refractivity contribution in [1.29, 1.82) is 0 Å². The number of rotatable bonds is 1. The lowest BCUT2D eigenvalue weighted by Crippen LogP contribution is -2.56. The maximum atomic E-state index is 11.1. The van der Waals surface area contributed by atoms with Gasteiger partial charge >= 0.3 is 0 Å². The molecule has 2 nitrogen and oxygen atoms in total. The molecule has 1 aromatic carbocycles. The summed E-state index contributed by atoms with van der Waals surface area (Å²) in [7, 11) is 0. The van der Waals surface area contributed by atoms with Crippen LogP contribution in [0.5, 0.6) is 0 Å². The van der Waals surface area contributed by atoms with Crippen molar-refractivity contribution in [3.8, 4) is 0 Å². The zero-order valence-electron chi connectivity index (χ0n) is 10.3. The number of hydrogen-bond acceptors (Lipinski definition) is 2. The summed E-state index contributed by atoms with van der Waals surface area (Å²) in [5.74, 6) is 0. The molecule has 0 radical (unpaired) electrons. The van der Waals surface area contributed by atoms with Crippen LogP contribution in [-0.2, 0) is 5.60 Å². The van der Waals surface area contributed by atoms with Crippen molar-refractivity contribution in [2.45, 2.75) is 43.7 Å². The normalized spacial score (nSPS) is 34.3. The number of benzene rings is 1. The van der Waals surface area contributed by atoms with Crippen molar-refractivity contribution in [1.82, 2.24) is 4.90 Å². The molecule has 3 rings (SSSR count). The molecule has 2 aliphatic heterocycles. The van der Waals surface area contributed by atoms with Crippen LogP contribution in [0.3, 0.4) is 0 Å². The third-order valence-electron chi connectivity index (χ3n) is 4.44. The van der Waals surface area contributed by atoms with Gasteiger partial charge in [-0.15, -0.1) is 0 Å². The molecule has 0 bridgehead atoms. The van der Waals surface area contributed by atoms with Gasteiger partial charge in [0.15, 0.2) is 0 Å². The van der Waals surface area contributed by atoms with Gasteiger partial charge in [-0.3, -0.25) is 4.90 Å². The molecule has 0 unspecified atom stereocenters. The Labute approximate surface area is 103 Å². The highest BCUT2D eigenvalue weighted by Gasteiger charge is 2.44. The summed E-state index contributed by atoms with van der Waals surface area (Å²) in [6, 6.07) is 10.6. The van der Waals surface area contributed by atoms with Crippen molar-refractivity contribution in [3.05, 3.63) is 35.9 Å². The number of nitrogens with zero attached hydrogens (tertiary/aromatic N) is 1. The molecule has 0 saturated carbocycles. The van der Waals surface area contributed by atoms with Gasteiger partial charge in [-0.05, 0) is 44.3 Å². The summed E-state index contributed by atoms with van der Waals surface area (Å²) in [6.07, 6.45) is 5.73. The van der Waals surface area contributed by atoms with Gasteiger partial charge < -0.3 is 5.11 Å². The average Bonchev–Trinajstić information content (AvgIpc) is 2.40. The van der Waals surface area contributed by atoms with Gasteiger partial charge in [0.1, 0.15) is 5.60 Å². The van der Waals surface area contributed by atoms with Gasteiger partial charge in [0, 0.05) is 6.04 Å². The molecule has 0 aromatic heterocycles. The third kappa shape index (κ3) is 1.90. The lowest BCUT2D eigenvalue weighted by Gasteiger charge is -2.49. The Bertz CT molecular complexity index is 376. The maximum Gasteiger partial charge on any atom is 0.105 e. The highest BCUT2D eigenvalue weighted by molar-refractivity contribution is 5.25. The van der Waals surface area contributed by atoms with Crippen LogP contribution in [0.15, 0.2) is 30.3 Å². The van der Waals surface area contributed by atoms with E-state index in [1.54, 1.807) is 0 Å². The second kappa shape index (κ2) is 4.43. The van der Waals surface area contributed by atoms with Gasteiger partial charge in [-0.1, -0.05) is 36.8 Å². The molecule has 0 spiro atoms. The van der Waals surface area contributed by atoms with Crippen LogP contribution < -0.4 is 0 Å². The highest BCUT2D eigenvalue weighted by atomic mass is 16.3. The first kappa shape index (κ1) is 11.2. The number of piperidine rings is 2. The molecule has 2 aliphatic rings. The second-order valence-corrected chi connectivity index (χ2v) is 5.44. The first-order valence-electron chi connectivity index (χ1n) is 6.83. The smallest absolute Gasteiger partial charge is 0.105 e. The third-order valence-corrected chi connectivity index (χ3v) is 4.44. The van der Waals surface area contributed by atoms with E-state index in [1.807, 2.05) is 18.2 Å². The fraction of sp³-hybridized carbons (Fsp3) is 0.600. The summed E-state index contributed by atoms with van der Waals surface area (Å²) in [5.41, 5.74) is 0.497. The number of aliphatic hydroxyl groups is 1. The first-order chi connectivity index (χ1) is 8.31. The molecule has 17 heavy (non-hydrogen) atoms. The van der Waals surface area contributed by atoms with Crippen LogP contribution in [-0.4, -0.2) is 29.1 Å². The lowest BCUT2D eigenvalue weighted by molar-refractivity contribution is -0.0995. The van der Waals surface area contributed by atoms with Gasteiger partial charge in [0.2, 0.25) is 0 Å². The molecular formula is C15H21NO. The molecule has 92 valence electrons. The van der Waals surface area contributed by atoms with Crippen LogP contribution >= 0.6 is 0 Å². The molecule has 2 heterocycles. The highest BCUT2D eigenvalue weighted by Crippen LogP contribution is 2.40. The Morgan fingerprint density at radius 2 is 1.82 bits per heavy atom. The fourth-order valence-corrected chi connectivity index (χ4v) is 3.58. The number of hydrogen-bond donors (Lipinski definition) is 1.